The van der Waals surface area contributed by atoms with E-state index >= 15 is 0 Å². The lowest BCUT2D eigenvalue weighted by Crippen LogP contribution is -2.19. The Balaban J connectivity index is 1.66. The Morgan fingerprint density at radius 1 is 1.10 bits per heavy atom. The maximum atomic E-state index is 12.6. The number of thioether (sulfide) groups is 1. The largest absolute Gasteiger partial charge is 0.316 e. The van der Waals surface area contributed by atoms with E-state index in [1.165, 1.54) is 11.8 Å². The summed E-state index contributed by atoms with van der Waals surface area (Å²) in [6.07, 6.45) is 1.91. The van der Waals surface area contributed by atoms with E-state index < -0.39 is 0 Å². The van der Waals surface area contributed by atoms with Crippen LogP contribution in [0, 0.1) is 27.7 Å². The van der Waals surface area contributed by atoms with Crippen LogP contribution in [0.2, 0.25) is 5.02 Å². The summed E-state index contributed by atoms with van der Waals surface area (Å²) in [5.41, 5.74) is 7.01. The van der Waals surface area contributed by atoms with Crippen LogP contribution in [0.4, 0.5) is 5.69 Å². The third-order valence-electron chi connectivity index (χ3n) is 5.15. The minimum absolute atomic E-state index is 0.142. The van der Waals surface area contributed by atoms with Gasteiger partial charge in [0.25, 0.3) is 5.91 Å². The lowest BCUT2D eigenvalue weighted by atomic mass is 10.1. The molecule has 1 amide bonds. The summed E-state index contributed by atoms with van der Waals surface area (Å²) >= 11 is 11.3. The predicted octanol–water partition coefficient (Wildman–Crippen LogP) is 7.02. The van der Waals surface area contributed by atoms with Crippen LogP contribution in [0.5, 0.6) is 0 Å². The van der Waals surface area contributed by atoms with Crippen LogP contribution in [0.1, 0.15) is 28.1 Å². The Hall–Kier alpha value is -2.28. The van der Waals surface area contributed by atoms with E-state index in [9.17, 15) is 4.79 Å². The van der Waals surface area contributed by atoms with Gasteiger partial charge in [0.1, 0.15) is 0 Å². The van der Waals surface area contributed by atoms with Crippen molar-refractivity contribution in [3.05, 3.63) is 84.9 Å². The molecule has 0 bridgehead atoms. The Morgan fingerprint density at radius 3 is 2.45 bits per heavy atom. The van der Waals surface area contributed by atoms with Crippen molar-refractivity contribution >= 4 is 62.1 Å². The predicted molar refractivity (Wildman–Crippen MR) is 135 cm³/mol. The van der Waals surface area contributed by atoms with Gasteiger partial charge in [0.2, 0.25) is 0 Å². The summed E-state index contributed by atoms with van der Waals surface area (Å²) in [6, 6.07) is 13.8. The minimum Gasteiger partial charge on any atom is -0.316 e. The van der Waals surface area contributed by atoms with Crippen LogP contribution >= 0.6 is 39.3 Å². The van der Waals surface area contributed by atoms with Crippen LogP contribution in [-0.2, 0) is 4.79 Å². The molecule has 2 heterocycles. The van der Waals surface area contributed by atoms with E-state index in [0.717, 1.165) is 43.9 Å². The maximum absolute atomic E-state index is 12.6. The van der Waals surface area contributed by atoms with Crippen molar-refractivity contribution in [1.82, 2.24) is 9.88 Å². The van der Waals surface area contributed by atoms with Crippen LogP contribution < -0.4 is 5.32 Å². The number of carbonyl (C=O) groups is 1. The molecule has 1 aromatic heterocycles. The molecule has 4 rings (SSSR count). The third-order valence-corrected chi connectivity index (χ3v) is 7.63. The molecule has 0 radical (unpaired) electrons. The normalized spacial score (nSPS) is 16.4. The van der Waals surface area contributed by atoms with Gasteiger partial charge >= 0.3 is 0 Å². The van der Waals surface area contributed by atoms with Gasteiger partial charge in [-0.15, -0.1) is 0 Å². The number of aliphatic imine (C=N–C) groups is 1. The van der Waals surface area contributed by atoms with Crippen molar-refractivity contribution in [3.63, 3.8) is 0 Å². The van der Waals surface area contributed by atoms with Gasteiger partial charge in [0.05, 0.1) is 21.3 Å². The third kappa shape index (κ3) is 4.38. The van der Waals surface area contributed by atoms with Gasteiger partial charge in [0.15, 0.2) is 5.17 Å². The molecule has 31 heavy (non-hydrogen) atoms. The number of aromatic nitrogens is 1. The zero-order valence-corrected chi connectivity index (χ0v) is 20.7. The van der Waals surface area contributed by atoms with Crippen molar-refractivity contribution in [1.29, 1.82) is 0 Å². The van der Waals surface area contributed by atoms with Gasteiger partial charge in [-0.1, -0.05) is 39.7 Å². The number of amides is 1. The summed E-state index contributed by atoms with van der Waals surface area (Å²) in [4.78, 5) is 17.8. The number of amidine groups is 1. The molecule has 0 aliphatic carbocycles. The molecule has 4 nitrogen and oxygen atoms in total. The van der Waals surface area contributed by atoms with Crippen LogP contribution in [0.25, 0.3) is 11.8 Å². The highest BCUT2D eigenvalue weighted by atomic mass is 79.9. The minimum atomic E-state index is -0.142. The number of aryl methyl sites for hydroxylation is 3. The molecule has 3 aromatic rings. The zero-order chi connectivity index (χ0) is 22.3. The van der Waals surface area contributed by atoms with Crippen LogP contribution in [-0.4, -0.2) is 15.6 Å². The highest BCUT2D eigenvalue weighted by Gasteiger charge is 2.25. The van der Waals surface area contributed by atoms with E-state index in [-0.39, 0.29) is 5.91 Å². The lowest BCUT2D eigenvalue weighted by Gasteiger charge is -2.11. The fourth-order valence-corrected chi connectivity index (χ4v) is 4.95. The molecular weight excluding hydrogens is 494 g/mol. The number of nitrogens with zero attached hydrogens (tertiary/aromatic N) is 2. The quantitative estimate of drug-likeness (QED) is 0.382. The van der Waals surface area contributed by atoms with Crippen LogP contribution in [0.3, 0.4) is 0 Å². The smallest absolute Gasteiger partial charge is 0.264 e. The Bertz CT molecular complexity index is 1250. The van der Waals surface area contributed by atoms with E-state index in [0.29, 0.717) is 15.1 Å². The molecule has 1 N–H and O–H groups in total. The monoisotopic (exact) mass is 513 g/mol. The SMILES string of the molecule is Cc1cc(N=C2NC(=O)/C(=C/c3cc(C)n(-c4ccccc4Cl)c3C)S2)cc(C)c1Br. The highest BCUT2D eigenvalue weighted by Crippen LogP contribution is 2.33. The van der Waals surface area contributed by atoms with Crippen molar-refractivity contribution in [2.75, 3.05) is 0 Å². The topological polar surface area (TPSA) is 46.4 Å². The molecule has 1 fully saturated rings. The second kappa shape index (κ2) is 8.69. The Kier molecular flexibility index (Phi) is 6.15. The molecule has 1 aliphatic rings. The molecule has 0 atom stereocenters. The molecule has 1 aliphatic heterocycles. The van der Waals surface area contributed by atoms with Gasteiger partial charge in [0, 0.05) is 15.9 Å². The Labute approximate surface area is 199 Å². The molecule has 2 aromatic carbocycles. The number of hydrogen-bond acceptors (Lipinski definition) is 3. The summed E-state index contributed by atoms with van der Waals surface area (Å²) in [6.45, 7) is 8.12. The van der Waals surface area contributed by atoms with Gasteiger partial charge in [-0.3, -0.25) is 4.79 Å². The van der Waals surface area contributed by atoms with Crippen molar-refractivity contribution < 1.29 is 4.79 Å². The first-order valence-electron chi connectivity index (χ1n) is 9.75. The molecule has 1 saturated heterocycles. The molecular formula is C24H21BrClN3OS. The van der Waals surface area contributed by atoms with Crippen molar-refractivity contribution in [3.8, 4) is 5.69 Å². The highest BCUT2D eigenvalue weighted by molar-refractivity contribution is 9.10. The average Bonchev–Trinajstić information content (AvgIpc) is 3.19. The summed E-state index contributed by atoms with van der Waals surface area (Å²) < 4.78 is 3.18. The number of nitrogens with one attached hydrogen (secondary N) is 1. The van der Waals surface area contributed by atoms with E-state index in [2.05, 4.69) is 36.9 Å². The summed E-state index contributed by atoms with van der Waals surface area (Å²) in [7, 11) is 0. The van der Waals surface area contributed by atoms with E-state index in [4.69, 9.17) is 11.6 Å². The van der Waals surface area contributed by atoms with Crippen LogP contribution in [0.15, 0.2) is 56.8 Å². The fraction of sp³-hybridized carbons (Fsp3) is 0.167. The van der Waals surface area contributed by atoms with Gasteiger partial charge < -0.3 is 9.88 Å². The number of carbonyl (C=O) groups excluding carboxylic acids is 1. The number of halogens is 2. The number of benzene rings is 2. The summed E-state index contributed by atoms with van der Waals surface area (Å²) in [5, 5.41) is 4.14. The van der Waals surface area contributed by atoms with Crippen molar-refractivity contribution in [2.24, 2.45) is 4.99 Å². The number of hydrogen-bond donors (Lipinski definition) is 1. The van der Waals surface area contributed by atoms with Gasteiger partial charge in [-0.2, -0.15) is 0 Å². The lowest BCUT2D eigenvalue weighted by molar-refractivity contribution is -0.115. The zero-order valence-electron chi connectivity index (χ0n) is 17.6. The summed E-state index contributed by atoms with van der Waals surface area (Å²) in [5.74, 6) is -0.142. The van der Waals surface area contributed by atoms with Crippen molar-refractivity contribution in [2.45, 2.75) is 27.7 Å². The van der Waals surface area contributed by atoms with Gasteiger partial charge in [-0.25, -0.2) is 4.99 Å². The van der Waals surface area contributed by atoms with Gasteiger partial charge in [-0.05, 0) is 92.6 Å². The number of para-hydroxylation sites is 1. The van der Waals surface area contributed by atoms with E-state index in [1.54, 1.807) is 0 Å². The average molecular weight is 515 g/mol. The molecule has 0 saturated carbocycles. The first-order chi connectivity index (χ1) is 14.7. The first-order valence-corrected chi connectivity index (χ1v) is 11.7. The first kappa shape index (κ1) is 21.9. The Morgan fingerprint density at radius 2 is 1.77 bits per heavy atom. The molecule has 0 unspecified atom stereocenters. The number of rotatable bonds is 3. The fourth-order valence-electron chi connectivity index (χ4n) is 3.66. The standard InChI is InChI=1S/C24H21BrClN3OS/c1-13-9-18(10-14(2)22(13)25)27-24-28-23(30)21(31-24)12-17-11-15(3)29(16(17)4)20-8-6-5-7-19(20)26/h5-12H,1-4H3,(H,27,28,30)/b21-12-. The molecule has 158 valence electrons. The molecule has 0 spiro atoms. The molecule has 7 heteroatoms. The maximum Gasteiger partial charge on any atom is 0.264 e. The second-order valence-electron chi connectivity index (χ2n) is 7.49. The second-order valence-corrected chi connectivity index (χ2v) is 9.72. The van der Waals surface area contributed by atoms with E-state index in [1.807, 2.05) is 70.2 Å².